The Hall–Kier alpha value is -2.04. The van der Waals surface area contributed by atoms with Gasteiger partial charge >= 0.3 is 0 Å². The van der Waals surface area contributed by atoms with Crippen molar-refractivity contribution in [3.8, 4) is 5.75 Å². The van der Waals surface area contributed by atoms with E-state index in [1.54, 1.807) is 4.90 Å². The van der Waals surface area contributed by atoms with Crippen LogP contribution in [0.3, 0.4) is 0 Å². The molecular formula is C21H30N2O3. The molecule has 1 aliphatic heterocycles. The summed E-state index contributed by atoms with van der Waals surface area (Å²) in [5, 5.41) is 2.99. The van der Waals surface area contributed by atoms with Gasteiger partial charge in [0.2, 0.25) is 5.91 Å². The molecule has 0 unspecified atom stereocenters. The highest BCUT2D eigenvalue weighted by atomic mass is 16.5. The summed E-state index contributed by atoms with van der Waals surface area (Å²) in [5.41, 5.74) is 1.50. The lowest BCUT2D eigenvalue weighted by Crippen LogP contribution is -2.39. The standard InChI is InChI=1S/C21H30N2O3/c1-2-3-13-23-18-14-17(10-11-19(18)26-15-21(23)25)22-20(24)12-9-16-7-5-4-6-8-16/h10-11,14,16H,2-9,12-13,15H2,1H3,(H,22,24). The van der Waals surface area contributed by atoms with Crippen LogP contribution in [0.4, 0.5) is 11.4 Å². The largest absolute Gasteiger partial charge is 0.482 e. The van der Waals surface area contributed by atoms with Gasteiger partial charge in [0.15, 0.2) is 6.61 Å². The summed E-state index contributed by atoms with van der Waals surface area (Å²) in [6.45, 7) is 2.88. The predicted molar refractivity (Wildman–Crippen MR) is 104 cm³/mol. The summed E-state index contributed by atoms with van der Waals surface area (Å²) in [6, 6.07) is 5.56. The SMILES string of the molecule is CCCCN1C(=O)COc2ccc(NC(=O)CCC3CCCCC3)cc21. The second kappa shape index (κ2) is 9.06. The van der Waals surface area contributed by atoms with Crippen molar-refractivity contribution in [1.29, 1.82) is 0 Å². The molecule has 1 saturated carbocycles. The van der Waals surface area contributed by atoms with Crippen molar-refractivity contribution in [3.63, 3.8) is 0 Å². The number of ether oxygens (including phenoxy) is 1. The number of nitrogens with zero attached hydrogens (tertiary/aromatic N) is 1. The van der Waals surface area contributed by atoms with E-state index in [0.717, 1.165) is 30.6 Å². The second-order valence-corrected chi connectivity index (χ2v) is 7.46. The van der Waals surface area contributed by atoms with Crippen molar-refractivity contribution in [2.45, 2.75) is 64.7 Å². The van der Waals surface area contributed by atoms with Gasteiger partial charge in [-0.15, -0.1) is 0 Å². The Morgan fingerprint density at radius 1 is 1.27 bits per heavy atom. The lowest BCUT2D eigenvalue weighted by atomic mass is 9.86. The van der Waals surface area contributed by atoms with Gasteiger partial charge in [-0.1, -0.05) is 45.4 Å². The maximum absolute atomic E-state index is 12.3. The van der Waals surface area contributed by atoms with Crippen LogP contribution in [-0.4, -0.2) is 25.0 Å². The summed E-state index contributed by atoms with van der Waals surface area (Å²) < 4.78 is 5.53. The van der Waals surface area contributed by atoms with Gasteiger partial charge in [-0.05, 0) is 37.0 Å². The van der Waals surface area contributed by atoms with Crippen molar-refractivity contribution in [2.24, 2.45) is 5.92 Å². The zero-order valence-corrected chi connectivity index (χ0v) is 15.8. The van der Waals surface area contributed by atoms with Crippen LogP contribution in [0.5, 0.6) is 5.75 Å². The number of carbonyl (C=O) groups excluding carboxylic acids is 2. The molecule has 5 heteroatoms. The van der Waals surface area contributed by atoms with Crippen LogP contribution in [-0.2, 0) is 9.59 Å². The lowest BCUT2D eigenvalue weighted by molar-refractivity contribution is -0.121. The summed E-state index contributed by atoms with van der Waals surface area (Å²) in [4.78, 5) is 26.3. The van der Waals surface area contributed by atoms with E-state index >= 15 is 0 Å². The van der Waals surface area contributed by atoms with Crippen LogP contribution in [0, 0.1) is 5.92 Å². The van der Waals surface area contributed by atoms with Gasteiger partial charge < -0.3 is 15.0 Å². The number of benzene rings is 1. The maximum Gasteiger partial charge on any atom is 0.265 e. The van der Waals surface area contributed by atoms with Crippen LogP contribution >= 0.6 is 0 Å². The average Bonchev–Trinajstić information content (AvgIpc) is 2.66. The molecule has 1 fully saturated rings. The smallest absolute Gasteiger partial charge is 0.265 e. The number of carbonyl (C=O) groups is 2. The van der Waals surface area contributed by atoms with E-state index in [1.807, 2.05) is 18.2 Å². The molecule has 3 rings (SSSR count). The van der Waals surface area contributed by atoms with Gasteiger partial charge in [0.1, 0.15) is 5.75 Å². The van der Waals surface area contributed by atoms with E-state index in [-0.39, 0.29) is 18.4 Å². The number of nitrogens with one attached hydrogen (secondary N) is 1. The molecule has 5 nitrogen and oxygen atoms in total. The Labute approximate surface area is 156 Å². The lowest BCUT2D eigenvalue weighted by Gasteiger charge is -2.29. The Bertz CT molecular complexity index is 638. The van der Waals surface area contributed by atoms with Crippen LogP contribution < -0.4 is 15.0 Å². The number of anilines is 2. The first-order valence-corrected chi connectivity index (χ1v) is 10.0. The third-order valence-corrected chi connectivity index (χ3v) is 5.43. The summed E-state index contributed by atoms with van der Waals surface area (Å²) >= 11 is 0. The molecule has 0 atom stereocenters. The van der Waals surface area contributed by atoms with Gasteiger partial charge in [-0.2, -0.15) is 0 Å². The number of unbranched alkanes of at least 4 members (excludes halogenated alkanes) is 1. The zero-order chi connectivity index (χ0) is 18.4. The molecule has 0 spiro atoms. The number of hydrogen-bond acceptors (Lipinski definition) is 3. The van der Waals surface area contributed by atoms with Gasteiger partial charge in [-0.3, -0.25) is 9.59 Å². The first-order valence-electron chi connectivity index (χ1n) is 10.0. The molecule has 1 heterocycles. The molecule has 0 saturated heterocycles. The molecule has 2 aliphatic rings. The van der Waals surface area contributed by atoms with Gasteiger partial charge in [0.05, 0.1) is 5.69 Å². The van der Waals surface area contributed by atoms with Gasteiger partial charge in [-0.25, -0.2) is 0 Å². The average molecular weight is 358 g/mol. The van der Waals surface area contributed by atoms with E-state index < -0.39 is 0 Å². The van der Waals surface area contributed by atoms with Gasteiger partial charge in [0.25, 0.3) is 5.91 Å². The maximum atomic E-state index is 12.3. The minimum Gasteiger partial charge on any atom is -0.482 e. The van der Waals surface area contributed by atoms with Crippen molar-refractivity contribution in [2.75, 3.05) is 23.4 Å². The van der Waals surface area contributed by atoms with Gasteiger partial charge in [0, 0.05) is 18.7 Å². The van der Waals surface area contributed by atoms with Crippen molar-refractivity contribution in [1.82, 2.24) is 0 Å². The topological polar surface area (TPSA) is 58.6 Å². The van der Waals surface area contributed by atoms with Crippen LogP contribution in [0.2, 0.25) is 0 Å². The fourth-order valence-electron chi connectivity index (χ4n) is 3.88. The molecule has 1 aromatic rings. The highest BCUT2D eigenvalue weighted by molar-refractivity contribution is 5.99. The highest BCUT2D eigenvalue weighted by Gasteiger charge is 2.25. The zero-order valence-electron chi connectivity index (χ0n) is 15.8. The van der Waals surface area contributed by atoms with Crippen molar-refractivity contribution < 1.29 is 14.3 Å². The van der Waals surface area contributed by atoms with E-state index in [9.17, 15) is 9.59 Å². The fraction of sp³-hybridized carbons (Fsp3) is 0.619. The molecule has 26 heavy (non-hydrogen) atoms. The quantitative estimate of drug-likeness (QED) is 0.780. The number of hydrogen-bond donors (Lipinski definition) is 1. The normalized spacial score (nSPS) is 17.6. The van der Waals surface area contributed by atoms with E-state index in [1.165, 1.54) is 32.1 Å². The molecular weight excluding hydrogens is 328 g/mol. The van der Waals surface area contributed by atoms with Crippen LogP contribution in [0.25, 0.3) is 0 Å². The Balaban J connectivity index is 1.60. The monoisotopic (exact) mass is 358 g/mol. The second-order valence-electron chi connectivity index (χ2n) is 7.46. The number of rotatable bonds is 7. The summed E-state index contributed by atoms with van der Waals surface area (Å²) in [7, 11) is 0. The van der Waals surface area contributed by atoms with E-state index in [4.69, 9.17) is 4.74 Å². The van der Waals surface area contributed by atoms with Crippen molar-refractivity contribution >= 4 is 23.2 Å². The molecule has 0 aromatic heterocycles. The molecule has 0 bridgehead atoms. The molecule has 1 N–H and O–H groups in total. The number of amides is 2. The first kappa shape index (κ1) is 18.7. The third kappa shape index (κ3) is 4.77. The Morgan fingerprint density at radius 2 is 2.08 bits per heavy atom. The van der Waals surface area contributed by atoms with E-state index in [0.29, 0.717) is 24.6 Å². The van der Waals surface area contributed by atoms with Crippen molar-refractivity contribution in [3.05, 3.63) is 18.2 Å². The minimum absolute atomic E-state index is 0.0216. The molecule has 1 aromatic carbocycles. The molecule has 142 valence electrons. The van der Waals surface area contributed by atoms with Crippen LogP contribution in [0.1, 0.15) is 64.7 Å². The Kier molecular flexibility index (Phi) is 6.53. The minimum atomic E-state index is -0.0216. The number of fused-ring (bicyclic) bond motifs is 1. The van der Waals surface area contributed by atoms with Crippen LogP contribution in [0.15, 0.2) is 18.2 Å². The molecule has 2 amide bonds. The Morgan fingerprint density at radius 3 is 2.85 bits per heavy atom. The third-order valence-electron chi connectivity index (χ3n) is 5.43. The van der Waals surface area contributed by atoms with E-state index in [2.05, 4.69) is 12.2 Å². The first-order chi connectivity index (χ1) is 12.7. The fourth-order valence-corrected chi connectivity index (χ4v) is 3.88. The molecule has 1 aliphatic carbocycles. The summed E-state index contributed by atoms with van der Waals surface area (Å²) in [6.07, 6.45) is 9.99. The summed E-state index contributed by atoms with van der Waals surface area (Å²) in [5.74, 6) is 1.44. The highest BCUT2D eigenvalue weighted by Crippen LogP contribution is 2.35. The predicted octanol–water partition coefficient (Wildman–Crippen LogP) is 4.51. The molecule has 0 radical (unpaired) electrons.